The molecule has 1 saturated heterocycles. The van der Waals surface area contributed by atoms with Crippen molar-refractivity contribution in [3.05, 3.63) is 0 Å². The number of piperidine rings is 1. The van der Waals surface area contributed by atoms with E-state index >= 15 is 0 Å². The highest BCUT2D eigenvalue weighted by molar-refractivity contribution is 5.80. The SMILES string of the molecule is CCOC(=O)C1CCN(C(=NC)NCCCCOCCOC)CC1. The minimum absolute atomic E-state index is 0.0311. The van der Waals surface area contributed by atoms with Gasteiger partial charge in [0.05, 0.1) is 25.7 Å². The molecular formula is C17H33N3O4. The fourth-order valence-electron chi connectivity index (χ4n) is 2.69. The second kappa shape index (κ2) is 13.0. The molecule has 0 atom stereocenters. The first-order valence-corrected chi connectivity index (χ1v) is 8.91. The molecule has 0 saturated carbocycles. The van der Waals surface area contributed by atoms with Crippen LogP contribution in [0.2, 0.25) is 0 Å². The van der Waals surface area contributed by atoms with Crippen LogP contribution in [0.3, 0.4) is 0 Å². The molecule has 0 radical (unpaired) electrons. The minimum atomic E-state index is -0.0615. The number of guanidine groups is 1. The second-order valence-electron chi connectivity index (χ2n) is 5.80. The molecule has 24 heavy (non-hydrogen) atoms. The third-order valence-electron chi connectivity index (χ3n) is 4.06. The van der Waals surface area contributed by atoms with Crippen molar-refractivity contribution < 1.29 is 19.0 Å². The van der Waals surface area contributed by atoms with Crippen LogP contribution in [-0.4, -0.2) is 77.0 Å². The maximum Gasteiger partial charge on any atom is 0.309 e. The van der Waals surface area contributed by atoms with Gasteiger partial charge in [-0.15, -0.1) is 0 Å². The molecule has 1 aliphatic heterocycles. The van der Waals surface area contributed by atoms with Crippen molar-refractivity contribution in [1.82, 2.24) is 10.2 Å². The maximum absolute atomic E-state index is 11.8. The Bertz CT molecular complexity index is 369. The number of ether oxygens (including phenoxy) is 3. The van der Waals surface area contributed by atoms with E-state index in [9.17, 15) is 4.79 Å². The third kappa shape index (κ3) is 7.97. The first-order valence-electron chi connectivity index (χ1n) is 8.91. The number of hydrogen-bond acceptors (Lipinski definition) is 5. The summed E-state index contributed by atoms with van der Waals surface area (Å²) in [5.41, 5.74) is 0. The van der Waals surface area contributed by atoms with Gasteiger partial charge in [-0.1, -0.05) is 0 Å². The molecule has 1 rings (SSSR count). The maximum atomic E-state index is 11.8. The fourth-order valence-corrected chi connectivity index (χ4v) is 2.69. The fraction of sp³-hybridized carbons (Fsp3) is 0.882. The lowest BCUT2D eigenvalue weighted by Gasteiger charge is -2.33. The van der Waals surface area contributed by atoms with E-state index in [0.717, 1.165) is 57.9 Å². The van der Waals surface area contributed by atoms with Gasteiger partial charge in [-0.25, -0.2) is 0 Å². The molecule has 0 spiro atoms. The summed E-state index contributed by atoms with van der Waals surface area (Å²) < 4.78 is 15.5. The molecule has 140 valence electrons. The number of rotatable bonds is 10. The topological polar surface area (TPSA) is 72.4 Å². The van der Waals surface area contributed by atoms with E-state index in [1.807, 2.05) is 6.92 Å². The number of carbonyl (C=O) groups is 1. The zero-order chi connectivity index (χ0) is 17.6. The molecule has 1 heterocycles. The molecule has 7 heteroatoms. The average molecular weight is 343 g/mol. The Labute approximate surface area is 145 Å². The number of unbranched alkanes of at least 4 members (excludes halogenated alkanes) is 1. The third-order valence-corrected chi connectivity index (χ3v) is 4.06. The van der Waals surface area contributed by atoms with Crippen molar-refractivity contribution in [3.63, 3.8) is 0 Å². The lowest BCUT2D eigenvalue weighted by Crippen LogP contribution is -2.46. The van der Waals surface area contributed by atoms with E-state index in [2.05, 4.69) is 15.2 Å². The number of nitrogens with one attached hydrogen (secondary N) is 1. The number of esters is 1. The monoisotopic (exact) mass is 343 g/mol. The van der Waals surface area contributed by atoms with Gasteiger partial charge in [0.2, 0.25) is 0 Å². The number of aliphatic imine (C=N–C) groups is 1. The lowest BCUT2D eigenvalue weighted by molar-refractivity contribution is -0.149. The van der Waals surface area contributed by atoms with Crippen LogP contribution >= 0.6 is 0 Å². The van der Waals surface area contributed by atoms with Gasteiger partial charge in [-0.2, -0.15) is 0 Å². The summed E-state index contributed by atoms with van der Waals surface area (Å²) >= 11 is 0. The Hall–Kier alpha value is -1.34. The molecule has 0 amide bonds. The van der Waals surface area contributed by atoms with Gasteiger partial charge < -0.3 is 24.4 Å². The van der Waals surface area contributed by atoms with E-state index in [1.54, 1.807) is 14.2 Å². The van der Waals surface area contributed by atoms with E-state index in [1.165, 1.54) is 0 Å². The average Bonchev–Trinajstić information content (AvgIpc) is 2.61. The summed E-state index contributed by atoms with van der Waals surface area (Å²) in [6.45, 7) is 6.91. The van der Waals surface area contributed by atoms with E-state index in [4.69, 9.17) is 14.2 Å². The van der Waals surface area contributed by atoms with Crippen molar-refractivity contribution in [1.29, 1.82) is 0 Å². The highest BCUT2D eigenvalue weighted by Gasteiger charge is 2.27. The van der Waals surface area contributed by atoms with Crippen molar-refractivity contribution in [2.24, 2.45) is 10.9 Å². The summed E-state index contributed by atoms with van der Waals surface area (Å²) in [6.07, 6.45) is 3.70. The van der Waals surface area contributed by atoms with Crippen LogP contribution in [0.25, 0.3) is 0 Å². The van der Waals surface area contributed by atoms with Gasteiger partial charge >= 0.3 is 5.97 Å². The van der Waals surface area contributed by atoms with Crippen molar-refractivity contribution in [2.75, 3.05) is 60.2 Å². The Morgan fingerprint density at radius 3 is 2.58 bits per heavy atom. The van der Waals surface area contributed by atoms with Crippen LogP contribution in [0.15, 0.2) is 4.99 Å². The van der Waals surface area contributed by atoms with E-state index in [0.29, 0.717) is 19.8 Å². The van der Waals surface area contributed by atoms with Crippen molar-refractivity contribution in [3.8, 4) is 0 Å². The van der Waals surface area contributed by atoms with Gasteiger partial charge in [-0.3, -0.25) is 9.79 Å². The second-order valence-corrected chi connectivity index (χ2v) is 5.80. The standard InChI is InChI=1S/C17H33N3O4/c1-4-24-16(21)15-7-10-20(11-8-15)17(18-2)19-9-5-6-12-23-14-13-22-3/h15H,4-14H2,1-3H3,(H,18,19). The van der Waals surface area contributed by atoms with Gasteiger partial charge in [0, 0.05) is 40.4 Å². The van der Waals surface area contributed by atoms with E-state index in [-0.39, 0.29) is 11.9 Å². The predicted molar refractivity (Wildman–Crippen MR) is 94.2 cm³/mol. The molecule has 7 nitrogen and oxygen atoms in total. The first kappa shape index (κ1) is 20.7. The highest BCUT2D eigenvalue weighted by Crippen LogP contribution is 2.18. The molecular weight excluding hydrogens is 310 g/mol. The van der Waals surface area contributed by atoms with Crippen molar-refractivity contribution in [2.45, 2.75) is 32.6 Å². The van der Waals surface area contributed by atoms with Gasteiger partial charge in [0.1, 0.15) is 0 Å². The van der Waals surface area contributed by atoms with Gasteiger partial charge in [0.25, 0.3) is 0 Å². The smallest absolute Gasteiger partial charge is 0.309 e. The van der Waals surface area contributed by atoms with Crippen LogP contribution in [-0.2, 0) is 19.0 Å². The predicted octanol–water partition coefficient (Wildman–Crippen LogP) is 1.28. The summed E-state index contributed by atoms with van der Waals surface area (Å²) in [7, 11) is 3.47. The Kier molecular flexibility index (Phi) is 11.2. The summed E-state index contributed by atoms with van der Waals surface area (Å²) in [5, 5.41) is 3.39. The largest absolute Gasteiger partial charge is 0.466 e. The minimum Gasteiger partial charge on any atom is -0.466 e. The zero-order valence-electron chi connectivity index (χ0n) is 15.4. The van der Waals surface area contributed by atoms with Crippen LogP contribution in [0.5, 0.6) is 0 Å². The molecule has 1 aliphatic rings. The summed E-state index contributed by atoms with van der Waals surface area (Å²) in [6, 6.07) is 0. The number of methoxy groups -OCH3 is 1. The van der Waals surface area contributed by atoms with E-state index < -0.39 is 0 Å². The quantitative estimate of drug-likeness (QED) is 0.279. The number of likely N-dealkylation sites (tertiary alicyclic amines) is 1. The molecule has 0 aromatic heterocycles. The number of hydrogen-bond donors (Lipinski definition) is 1. The molecule has 0 unspecified atom stereocenters. The Balaban J connectivity index is 2.16. The zero-order valence-corrected chi connectivity index (χ0v) is 15.4. The van der Waals surface area contributed by atoms with Crippen LogP contribution < -0.4 is 5.32 Å². The van der Waals surface area contributed by atoms with Crippen LogP contribution in [0.4, 0.5) is 0 Å². The molecule has 0 aliphatic carbocycles. The van der Waals surface area contributed by atoms with Gasteiger partial charge in [-0.05, 0) is 32.6 Å². The first-order chi connectivity index (χ1) is 11.7. The van der Waals surface area contributed by atoms with Crippen LogP contribution in [0, 0.1) is 5.92 Å². The molecule has 0 bridgehead atoms. The number of carbonyl (C=O) groups excluding carboxylic acids is 1. The normalized spacial score (nSPS) is 16.3. The Morgan fingerprint density at radius 2 is 1.96 bits per heavy atom. The highest BCUT2D eigenvalue weighted by atomic mass is 16.5. The molecule has 1 N–H and O–H groups in total. The molecule has 1 fully saturated rings. The van der Waals surface area contributed by atoms with Crippen LogP contribution in [0.1, 0.15) is 32.6 Å². The number of nitrogens with zero attached hydrogens (tertiary/aromatic N) is 2. The lowest BCUT2D eigenvalue weighted by atomic mass is 9.97. The summed E-state index contributed by atoms with van der Waals surface area (Å²) in [4.78, 5) is 18.3. The molecule has 0 aromatic carbocycles. The van der Waals surface area contributed by atoms with Gasteiger partial charge in [0.15, 0.2) is 5.96 Å². The summed E-state index contributed by atoms with van der Waals surface area (Å²) in [5.74, 6) is 0.884. The van der Waals surface area contributed by atoms with Crippen molar-refractivity contribution >= 4 is 11.9 Å². The molecule has 0 aromatic rings. The Morgan fingerprint density at radius 1 is 1.21 bits per heavy atom.